The van der Waals surface area contributed by atoms with Crippen molar-refractivity contribution in [3.8, 4) is 0 Å². The number of primary amides is 1. The summed E-state index contributed by atoms with van der Waals surface area (Å²) >= 11 is 0. The van der Waals surface area contributed by atoms with E-state index in [0.717, 1.165) is 11.9 Å². The summed E-state index contributed by atoms with van der Waals surface area (Å²) in [6, 6.07) is 4.39. The molecule has 2 rings (SSSR count). The van der Waals surface area contributed by atoms with Crippen LogP contribution in [0.25, 0.3) is 11.0 Å². The molecule has 0 aliphatic carbocycles. The Kier molecular flexibility index (Phi) is 3.45. The third-order valence-corrected chi connectivity index (χ3v) is 2.79. The Morgan fingerprint density at radius 1 is 1.39 bits per heavy atom. The maximum atomic E-state index is 13.0. The van der Waals surface area contributed by atoms with E-state index in [9.17, 15) is 9.18 Å². The zero-order valence-electron chi connectivity index (χ0n) is 9.90. The fourth-order valence-corrected chi connectivity index (χ4v) is 1.93. The van der Waals surface area contributed by atoms with Gasteiger partial charge in [-0.1, -0.05) is 0 Å². The van der Waals surface area contributed by atoms with E-state index in [1.165, 1.54) is 12.1 Å². The first-order valence-electron chi connectivity index (χ1n) is 5.77. The molecule has 2 aromatic rings. The zero-order chi connectivity index (χ0) is 13.1. The van der Waals surface area contributed by atoms with Crippen LogP contribution >= 0.6 is 0 Å². The molecule has 0 fully saturated rings. The van der Waals surface area contributed by atoms with Crippen molar-refractivity contribution < 1.29 is 9.18 Å². The molecule has 1 aromatic carbocycles. The van der Waals surface area contributed by atoms with Crippen molar-refractivity contribution in [2.75, 3.05) is 5.73 Å². The number of unbranched alkanes of at least 4 members (excludes halogenated alkanes) is 1. The Bertz CT molecular complexity index is 579. The number of hydrogen-bond donors (Lipinski definition) is 2. The summed E-state index contributed by atoms with van der Waals surface area (Å²) in [4.78, 5) is 14.7. The number of aryl methyl sites for hydroxylation is 1. The quantitative estimate of drug-likeness (QED) is 0.786. The van der Waals surface area contributed by atoms with E-state index in [1.54, 1.807) is 6.07 Å². The molecule has 1 amide bonds. The second-order valence-electron chi connectivity index (χ2n) is 4.18. The third-order valence-electron chi connectivity index (χ3n) is 2.79. The van der Waals surface area contributed by atoms with Crippen LogP contribution in [-0.4, -0.2) is 15.5 Å². The lowest BCUT2D eigenvalue weighted by Gasteiger charge is -2.05. The average Bonchev–Trinajstić information content (AvgIpc) is 2.59. The Labute approximate surface area is 104 Å². The van der Waals surface area contributed by atoms with Crippen LogP contribution in [0.3, 0.4) is 0 Å². The predicted octanol–water partition coefficient (Wildman–Crippen LogP) is 1.41. The van der Waals surface area contributed by atoms with Crippen LogP contribution in [0, 0.1) is 5.82 Å². The molecule has 0 saturated carbocycles. The molecule has 0 atom stereocenters. The van der Waals surface area contributed by atoms with Crippen molar-refractivity contribution >= 4 is 22.9 Å². The van der Waals surface area contributed by atoms with Gasteiger partial charge in [0.05, 0.1) is 11.0 Å². The lowest BCUT2D eigenvalue weighted by Crippen LogP contribution is -2.10. The molecule has 0 saturated heterocycles. The van der Waals surface area contributed by atoms with Crippen molar-refractivity contribution in [2.24, 2.45) is 5.73 Å². The van der Waals surface area contributed by atoms with Gasteiger partial charge in [-0.15, -0.1) is 0 Å². The number of hydrogen-bond acceptors (Lipinski definition) is 3. The van der Waals surface area contributed by atoms with Crippen molar-refractivity contribution in [3.63, 3.8) is 0 Å². The van der Waals surface area contributed by atoms with E-state index in [0.29, 0.717) is 30.9 Å². The molecule has 0 unspecified atom stereocenters. The number of rotatable bonds is 5. The minimum atomic E-state index is -0.333. The van der Waals surface area contributed by atoms with Gasteiger partial charge < -0.3 is 16.0 Å². The van der Waals surface area contributed by atoms with Gasteiger partial charge in [0.2, 0.25) is 11.9 Å². The highest BCUT2D eigenvalue weighted by Gasteiger charge is 2.08. The molecule has 1 heterocycles. The van der Waals surface area contributed by atoms with Crippen molar-refractivity contribution in [1.82, 2.24) is 9.55 Å². The number of nitrogens with two attached hydrogens (primary N) is 2. The number of halogens is 1. The molecule has 6 heteroatoms. The van der Waals surface area contributed by atoms with Crippen LogP contribution in [-0.2, 0) is 11.3 Å². The summed E-state index contributed by atoms with van der Waals surface area (Å²) in [6.07, 6.45) is 1.84. The summed E-state index contributed by atoms with van der Waals surface area (Å²) in [7, 11) is 0. The largest absolute Gasteiger partial charge is 0.370 e. The van der Waals surface area contributed by atoms with Gasteiger partial charge in [0, 0.05) is 19.0 Å². The number of carbonyl (C=O) groups is 1. The Morgan fingerprint density at radius 2 is 2.17 bits per heavy atom. The summed E-state index contributed by atoms with van der Waals surface area (Å²) in [5.41, 5.74) is 12.2. The van der Waals surface area contributed by atoms with Crippen LogP contribution in [0.2, 0.25) is 0 Å². The van der Waals surface area contributed by atoms with Gasteiger partial charge in [-0.05, 0) is 25.0 Å². The molecule has 4 N–H and O–H groups in total. The van der Waals surface area contributed by atoms with Gasteiger partial charge in [0.25, 0.3) is 0 Å². The highest BCUT2D eigenvalue weighted by atomic mass is 19.1. The smallest absolute Gasteiger partial charge is 0.217 e. The van der Waals surface area contributed by atoms with Crippen LogP contribution in [0.4, 0.5) is 10.3 Å². The molecular weight excluding hydrogens is 235 g/mol. The maximum absolute atomic E-state index is 13.0. The van der Waals surface area contributed by atoms with Gasteiger partial charge in [0.1, 0.15) is 5.82 Å². The number of nitrogens with zero attached hydrogens (tertiary/aromatic N) is 2. The first-order chi connectivity index (χ1) is 8.58. The zero-order valence-corrected chi connectivity index (χ0v) is 9.90. The molecule has 0 radical (unpaired) electrons. The first-order valence-corrected chi connectivity index (χ1v) is 5.77. The van der Waals surface area contributed by atoms with Gasteiger partial charge in [-0.25, -0.2) is 9.37 Å². The summed E-state index contributed by atoms with van der Waals surface area (Å²) in [5, 5.41) is 0. The van der Waals surface area contributed by atoms with Crippen LogP contribution in [0.1, 0.15) is 19.3 Å². The molecule has 96 valence electrons. The number of carbonyl (C=O) groups excluding carboxylic acids is 1. The van der Waals surface area contributed by atoms with Crippen molar-refractivity contribution in [3.05, 3.63) is 24.0 Å². The average molecular weight is 250 g/mol. The van der Waals surface area contributed by atoms with Gasteiger partial charge in [0.15, 0.2) is 0 Å². The highest BCUT2D eigenvalue weighted by Crippen LogP contribution is 2.19. The summed E-state index contributed by atoms with van der Waals surface area (Å²) < 4.78 is 14.8. The minimum Gasteiger partial charge on any atom is -0.370 e. The van der Waals surface area contributed by atoms with Gasteiger partial charge in [-0.3, -0.25) is 4.79 Å². The topological polar surface area (TPSA) is 86.9 Å². The molecule has 1 aromatic heterocycles. The Morgan fingerprint density at radius 3 is 2.89 bits per heavy atom. The maximum Gasteiger partial charge on any atom is 0.217 e. The number of benzene rings is 1. The van der Waals surface area contributed by atoms with E-state index in [-0.39, 0.29) is 11.7 Å². The molecule has 5 nitrogen and oxygen atoms in total. The molecule has 0 spiro atoms. The van der Waals surface area contributed by atoms with Gasteiger partial charge in [-0.2, -0.15) is 0 Å². The second-order valence-corrected chi connectivity index (χ2v) is 4.18. The fourth-order valence-electron chi connectivity index (χ4n) is 1.93. The summed E-state index contributed by atoms with van der Waals surface area (Å²) in [5.74, 6) is -0.281. The SMILES string of the molecule is NC(=O)CCCCn1c(N)nc2cc(F)ccc21. The lowest BCUT2D eigenvalue weighted by atomic mass is 10.2. The van der Waals surface area contributed by atoms with Crippen LogP contribution in [0.15, 0.2) is 18.2 Å². The standard InChI is InChI=1S/C12H15FN4O/c13-8-4-5-10-9(7-8)16-12(15)17(10)6-2-1-3-11(14)18/h4-5,7H,1-3,6H2,(H2,14,18)(H2,15,16). The number of imidazole rings is 1. The van der Waals surface area contributed by atoms with E-state index < -0.39 is 0 Å². The Hall–Kier alpha value is -2.11. The number of anilines is 1. The highest BCUT2D eigenvalue weighted by molar-refractivity contribution is 5.78. The van der Waals surface area contributed by atoms with Gasteiger partial charge >= 0.3 is 0 Å². The first kappa shape index (κ1) is 12.3. The van der Waals surface area contributed by atoms with Crippen molar-refractivity contribution in [2.45, 2.75) is 25.8 Å². The van der Waals surface area contributed by atoms with Crippen LogP contribution < -0.4 is 11.5 Å². The number of aromatic nitrogens is 2. The van der Waals surface area contributed by atoms with Crippen LogP contribution in [0.5, 0.6) is 0 Å². The van der Waals surface area contributed by atoms with E-state index in [1.807, 2.05) is 4.57 Å². The minimum absolute atomic E-state index is 0.305. The van der Waals surface area contributed by atoms with E-state index in [4.69, 9.17) is 11.5 Å². The molecular formula is C12H15FN4O. The molecule has 18 heavy (non-hydrogen) atoms. The number of nitrogen functional groups attached to an aromatic ring is 1. The fraction of sp³-hybridized carbons (Fsp3) is 0.333. The number of amides is 1. The molecule has 0 bridgehead atoms. The normalized spacial score (nSPS) is 10.9. The summed E-state index contributed by atoms with van der Waals surface area (Å²) in [6.45, 7) is 0.640. The predicted molar refractivity (Wildman–Crippen MR) is 67.1 cm³/mol. The van der Waals surface area contributed by atoms with E-state index in [2.05, 4.69) is 4.98 Å². The van der Waals surface area contributed by atoms with E-state index >= 15 is 0 Å². The molecule has 0 aliphatic rings. The lowest BCUT2D eigenvalue weighted by molar-refractivity contribution is -0.118. The Balaban J connectivity index is 2.12. The van der Waals surface area contributed by atoms with Crippen molar-refractivity contribution in [1.29, 1.82) is 0 Å². The second kappa shape index (κ2) is 5.03. The molecule has 0 aliphatic heterocycles. The third kappa shape index (κ3) is 2.58. The monoisotopic (exact) mass is 250 g/mol. The number of fused-ring (bicyclic) bond motifs is 1.